The quantitative estimate of drug-likeness (QED) is 0.0578. The van der Waals surface area contributed by atoms with Crippen LogP contribution in [0.5, 0.6) is 0 Å². The summed E-state index contributed by atoms with van der Waals surface area (Å²) in [4.78, 5) is 70.6. The van der Waals surface area contributed by atoms with Gasteiger partial charge in [-0.05, 0) is 121 Å². The molecule has 2 N–H and O–H groups in total. The SMILES string of the molecule is COC(=O)CCCCc1nc2cc(C3CC(c4ccccc4)=NO3)ccc2c(=O)n1-c1ccc(F)cc1.O=C(O)CCCCc1nc2cc(C3CC(c4ccccc4)=NO3)ccc2c(=O)n1-c1ccc(F)cc1.[Li+].[OH-]. The Bertz CT molecular complexity index is 3490. The minimum atomic E-state index is -0.865. The average molecular weight is 1010 g/mol. The monoisotopic (exact) mass is 1010 g/mol. The zero-order valence-corrected chi connectivity index (χ0v) is 41.3. The first-order chi connectivity index (χ1) is 35.5. The number of rotatable bonds is 16. The Kier molecular flexibility index (Phi) is 18.4. The Morgan fingerprint density at radius 3 is 1.41 bits per heavy atom. The van der Waals surface area contributed by atoms with Gasteiger partial charge in [0, 0.05) is 38.5 Å². The van der Waals surface area contributed by atoms with E-state index in [1.807, 2.05) is 84.9 Å². The standard InChI is InChI=1S/C29H26FN3O4.C28H24FN3O4.Li.H2O/c1-36-28(34)10-6-5-9-27-31-25-17-20(26-18-24(32-37-26)19-7-3-2-4-8-19)11-16-23(25)29(35)33(27)22-14-12-21(30)13-15-22;29-20-11-13-21(14-12-20)32-26(8-4-5-9-27(33)34)30-24-16-19(10-15-22(24)28(32)35)25-17-23(31-36-25)18-6-2-1-3-7-18;;/h2-4,7-8,11-17,26H,5-6,9-10,18H2,1H3;1-3,6-7,10-16,25H,4-5,8-9,17H2,(H,33,34);;1H2/q;;+1;/p-1. The zero-order valence-electron chi connectivity index (χ0n) is 41.3. The van der Waals surface area contributed by atoms with Crippen molar-refractivity contribution in [2.45, 2.75) is 76.4 Å². The molecule has 378 valence electrons. The Hall–Kier alpha value is -8.10. The van der Waals surface area contributed by atoms with Gasteiger partial charge in [0.25, 0.3) is 11.1 Å². The van der Waals surface area contributed by atoms with Gasteiger partial charge < -0.3 is 25.0 Å². The van der Waals surface area contributed by atoms with Crippen molar-refractivity contribution < 1.29 is 62.2 Å². The number of ether oxygens (including phenoxy) is 1. The molecule has 0 aliphatic carbocycles. The van der Waals surface area contributed by atoms with Crippen LogP contribution in [-0.2, 0) is 36.8 Å². The summed E-state index contributed by atoms with van der Waals surface area (Å²) < 4.78 is 34.8. The van der Waals surface area contributed by atoms with Gasteiger partial charge in [-0.2, -0.15) is 0 Å². The van der Waals surface area contributed by atoms with Crippen LogP contribution >= 0.6 is 0 Å². The van der Waals surface area contributed by atoms with Gasteiger partial charge in [-0.15, -0.1) is 0 Å². The largest absolute Gasteiger partial charge is 1.00 e. The molecule has 0 radical (unpaired) electrons. The number of hydrogen-bond donors (Lipinski definition) is 1. The average Bonchev–Trinajstić information content (AvgIpc) is 4.13. The van der Waals surface area contributed by atoms with Crippen LogP contribution < -0.4 is 30.0 Å². The number of carbonyl (C=O) groups is 2. The van der Waals surface area contributed by atoms with Crippen LogP contribution in [-0.4, -0.2) is 60.2 Å². The first kappa shape index (κ1) is 54.7. The maximum absolute atomic E-state index is 13.6. The van der Waals surface area contributed by atoms with E-state index in [1.54, 1.807) is 24.3 Å². The van der Waals surface area contributed by atoms with E-state index in [-0.39, 0.29) is 72.3 Å². The van der Waals surface area contributed by atoms with Gasteiger partial charge >= 0.3 is 30.8 Å². The predicted octanol–water partition coefficient (Wildman–Crippen LogP) is 7.29. The summed E-state index contributed by atoms with van der Waals surface area (Å²) in [7, 11) is 1.36. The second-order valence-corrected chi connectivity index (χ2v) is 17.6. The normalized spacial score (nSPS) is 14.5. The second kappa shape index (κ2) is 25.2. The number of carboxylic acids is 1. The fraction of sp³-hybridized carbons (Fsp3) is 0.228. The summed E-state index contributed by atoms with van der Waals surface area (Å²) in [6.07, 6.45) is 4.09. The molecule has 8 aromatic rings. The molecule has 0 bridgehead atoms. The third kappa shape index (κ3) is 13.0. The summed E-state index contributed by atoms with van der Waals surface area (Å²) in [6, 6.07) is 42.1. The number of halogens is 2. The molecule has 0 saturated carbocycles. The number of unbranched alkanes of at least 4 members (excludes halogenated alkanes) is 2. The van der Waals surface area contributed by atoms with E-state index in [1.165, 1.54) is 52.6 Å². The molecule has 18 heteroatoms. The van der Waals surface area contributed by atoms with Gasteiger partial charge in [-0.3, -0.25) is 28.3 Å². The van der Waals surface area contributed by atoms with E-state index in [0.29, 0.717) is 96.2 Å². The van der Waals surface area contributed by atoms with Crippen LogP contribution in [0.15, 0.2) is 165 Å². The number of aromatic nitrogens is 4. The molecule has 6 aromatic carbocycles. The van der Waals surface area contributed by atoms with Crippen molar-refractivity contribution in [1.29, 1.82) is 0 Å². The number of carboxylic acid groups (broad SMARTS) is 1. The van der Waals surface area contributed by atoms with Crippen molar-refractivity contribution in [3.8, 4) is 11.4 Å². The van der Waals surface area contributed by atoms with Gasteiger partial charge in [0.15, 0.2) is 12.2 Å². The van der Waals surface area contributed by atoms with E-state index in [0.717, 1.165) is 33.7 Å². The summed E-state index contributed by atoms with van der Waals surface area (Å²) in [5.74, 6) is -0.892. The smallest absolute Gasteiger partial charge is 0.870 e. The third-order valence-electron chi connectivity index (χ3n) is 12.7. The Morgan fingerprint density at radius 1 is 0.600 bits per heavy atom. The zero-order chi connectivity index (χ0) is 50.8. The van der Waals surface area contributed by atoms with Crippen LogP contribution in [0.2, 0.25) is 0 Å². The summed E-state index contributed by atoms with van der Waals surface area (Å²) in [6.45, 7) is 0. The van der Waals surface area contributed by atoms with Crippen molar-refractivity contribution in [1.82, 2.24) is 19.1 Å². The molecule has 0 fully saturated rings. The maximum Gasteiger partial charge on any atom is 1.00 e. The minimum absolute atomic E-state index is 0. The first-order valence-corrected chi connectivity index (χ1v) is 24.0. The molecule has 0 spiro atoms. The van der Waals surface area contributed by atoms with Gasteiger partial charge in [0.1, 0.15) is 23.3 Å². The van der Waals surface area contributed by atoms with E-state index in [4.69, 9.17) is 29.5 Å². The molecule has 2 aromatic heterocycles. The first-order valence-electron chi connectivity index (χ1n) is 24.0. The van der Waals surface area contributed by atoms with Gasteiger partial charge in [0.05, 0.1) is 51.7 Å². The number of hydrogen-bond acceptors (Lipinski definition) is 12. The van der Waals surface area contributed by atoms with Crippen LogP contribution in [0.25, 0.3) is 33.2 Å². The predicted molar refractivity (Wildman–Crippen MR) is 274 cm³/mol. The number of aryl methyl sites for hydroxylation is 2. The summed E-state index contributed by atoms with van der Waals surface area (Å²) >= 11 is 0. The van der Waals surface area contributed by atoms with Crippen molar-refractivity contribution >= 4 is 45.2 Å². The Labute approximate surface area is 441 Å². The van der Waals surface area contributed by atoms with Crippen molar-refractivity contribution in [2.75, 3.05) is 7.11 Å². The molecule has 10 rings (SSSR count). The second-order valence-electron chi connectivity index (χ2n) is 17.6. The number of fused-ring (bicyclic) bond motifs is 2. The number of esters is 1. The molecule has 75 heavy (non-hydrogen) atoms. The number of oxime groups is 2. The minimum Gasteiger partial charge on any atom is -0.870 e. The van der Waals surface area contributed by atoms with E-state index >= 15 is 0 Å². The van der Waals surface area contributed by atoms with Gasteiger partial charge in [-0.25, -0.2) is 18.7 Å². The van der Waals surface area contributed by atoms with Crippen molar-refractivity contribution in [2.24, 2.45) is 10.3 Å². The number of aliphatic carboxylic acids is 1. The molecular formula is C57H51F2LiN6O9. The molecule has 2 atom stereocenters. The summed E-state index contributed by atoms with van der Waals surface area (Å²) in [5, 5.41) is 18.4. The van der Waals surface area contributed by atoms with Crippen LogP contribution in [0.4, 0.5) is 8.78 Å². The number of methoxy groups -OCH3 is 1. The van der Waals surface area contributed by atoms with Gasteiger partial charge in [0.2, 0.25) is 0 Å². The summed E-state index contributed by atoms with van der Waals surface area (Å²) in [5.41, 5.74) is 7.12. The van der Waals surface area contributed by atoms with Gasteiger partial charge in [-0.1, -0.05) is 83.1 Å². The van der Waals surface area contributed by atoms with E-state index in [2.05, 4.69) is 10.3 Å². The number of benzene rings is 6. The van der Waals surface area contributed by atoms with Crippen molar-refractivity contribution in [3.05, 3.63) is 212 Å². The maximum atomic E-state index is 13.6. The molecule has 2 unspecified atom stereocenters. The van der Waals surface area contributed by atoms with E-state index < -0.39 is 11.8 Å². The molecule has 0 amide bonds. The van der Waals surface area contributed by atoms with Crippen LogP contribution in [0.1, 0.15) is 97.5 Å². The van der Waals surface area contributed by atoms with E-state index in [9.17, 15) is 28.0 Å². The molecule has 0 saturated heterocycles. The third-order valence-corrected chi connectivity index (χ3v) is 12.7. The Balaban J connectivity index is 0.000000213. The van der Waals surface area contributed by atoms with Crippen LogP contribution in [0, 0.1) is 11.6 Å². The fourth-order valence-electron chi connectivity index (χ4n) is 8.87. The van der Waals surface area contributed by atoms with Crippen LogP contribution in [0.3, 0.4) is 0 Å². The topological polar surface area (TPSA) is 207 Å². The Morgan fingerprint density at radius 2 is 1.01 bits per heavy atom. The fourth-order valence-corrected chi connectivity index (χ4v) is 8.87. The molecular weight excluding hydrogens is 958 g/mol. The number of carbonyl (C=O) groups excluding carboxylic acids is 1. The molecule has 4 heterocycles. The molecule has 15 nitrogen and oxygen atoms in total. The molecule has 2 aliphatic heterocycles. The van der Waals surface area contributed by atoms with Crippen molar-refractivity contribution in [3.63, 3.8) is 0 Å². The molecule has 2 aliphatic rings. The number of nitrogens with zero attached hydrogens (tertiary/aromatic N) is 6.